The Hall–Kier alpha value is 0.210. The van der Waals surface area contributed by atoms with Crippen molar-refractivity contribution < 1.29 is 0 Å². The molecule has 0 aromatic carbocycles. The Morgan fingerprint density at radius 3 is 2.40 bits per heavy atom. The molecule has 0 heterocycles. The Bertz CT molecular complexity index is 156. The maximum atomic E-state index is 6.13. The predicted molar refractivity (Wildman–Crippen MR) is 67.4 cm³/mol. The highest BCUT2D eigenvalue weighted by atomic mass is 35.5. The Kier molecular flexibility index (Phi) is 6.62. The van der Waals surface area contributed by atoms with Gasteiger partial charge in [-0.05, 0) is 58.2 Å². The van der Waals surface area contributed by atoms with Crippen molar-refractivity contribution in [3.05, 3.63) is 0 Å². The molecule has 2 N–H and O–H groups in total. The number of nitrogens with two attached hydrogens (primary N) is 1. The van der Waals surface area contributed by atoms with E-state index in [9.17, 15) is 0 Å². The first-order valence-electron chi connectivity index (χ1n) is 6.36. The molecule has 0 radical (unpaired) electrons. The molecule has 0 aliphatic heterocycles. The second kappa shape index (κ2) is 7.48. The van der Waals surface area contributed by atoms with Crippen LogP contribution in [-0.4, -0.2) is 36.0 Å². The minimum atomic E-state index is 0.430. The van der Waals surface area contributed by atoms with Gasteiger partial charge >= 0.3 is 0 Å². The van der Waals surface area contributed by atoms with E-state index in [0.29, 0.717) is 5.38 Å². The number of hydrogen-bond donors (Lipinski definition) is 1. The van der Waals surface area contributed by atoms with Crippen molar-refractivity contribution in [3.63, 3.8) is 0 Å². The van der Waals surface area contributed by atoms with E-state index in [2.05, 4.69) is 11.8 Å². The Morgan fingerprint density at radius 1 is 1.20 bits per heavy atom. The summed E-state index contributed by atoms with van der Waals surface area (Å²) in [4.78, 5) is 2.62. The van der Waals surface area contributed by atoms with Crippen LogP contribution < -0.4 is 5.73 Å². The van der Waals surface area contributed by atoms with Gasteiger partial charge in [0.1, 0.15) is 0 Å². The van der Waals surface area contributed by atoms with Gasteiger partial charge in [-0.25, -0.2) is 0 Å². The molecule has 90 valence electrons. The van der Waals surface area contributed by atoms with E-state index in [1.165, 1.54) is 45.2 Å². The minimum absolute atomic E-state index is 0.430. The zero-order chi connectivity index (χ0) is 11.1. The van der Waals surface area contributed by atoms with Gasteiger partial charge in [0.15, 0.2) is 0 Å². The molecule has 1 saturated carbocycles. The van der Waals surface area contributed by atoms with Crippen LogP contribution in [0.1, 0.15) is 45.4 Å². The summed E-state index contributed by atoms with van der Waals surface area (Å²) in [5, 5.41) is 0.430. The maximum Gasteiger partial charge on any atom is 0.0337 e. The topological polar surface area (TPSA) is 29.3 Å². The van der Waals surface area contributed by atoms with Gasteiger partial charge in [0.05, 0.1) is 0 Å². The monoisotopic (exact) mass is 232 g/mol. The van der Waals surface area contributed by atoms with E-state index in [1.54, 1.807) is 0 Å². The van der Waals surface area contributed by atoms with Gasteiger partial charge in [0, 0.05) is 11.4 Å². The summed E-state index contributed by atoms with van der Waals surface area (Å²) in [5.41, 5.74) is 5.58. The highest BCUT2D eigenvalue weighted by molar-refractivity contribution is 6.20. The van der Waals surface area contributed by atoms with Crippen molar-refractivity contribution in [2.45, 2.75) is 56.9 Å². The van der Waals surface area contributed by atoms with Gasteiger partial charge in [-0.1, -0.05) is 6.92 Å². The Balaban J connectivity index is 2.33. The average molecular weight is 233 g/mol. The van der Waals surface area contributed by atoms with E-state index < -0.39 is 0 Å². The molecule has 1 fully saturated rings. The smallest absolute Gasteiger partial charge is 0.0337 e. The molecule has 0 saturated heterocycles. The lowest BCUT2D eigenvalue weighted by Gasteiger charge is -2.35. The quantitative estimate of drug-likeness (QED) is 0.714. The van der Waals surface area contributed by atoms with Crippen LogP contribution in [0.4, 0.5) is 0 Å². The lowest BCUT2D eigenvalue weighted by Crippen LogP contribution is -2.40. The molecule has 1 aliphatic carbocycles. The van der Waals surface area contributed by atoms with E-state index in [1.807, 2.05) is 0 Å². The summed E-state index contributed by atoms with van der Waals surface area (Å²) >= 11 is 6.13. The first-order valence-corrected chi connectivity index (χ1v) is 6.79. The highest BCUT2D eigenvalue weighted by Gasteiger charge is 2.23. The number of nitrogens with zero attached hydrogens (tertiary/aromatic N) is 1. The summed E-state index contributed by atoms with van der Waals surface area (Å²) in [5.74, 6) is 0. The Labute approximate surface area is 99.2 Å². The van der Waals surface area contributed by atoms with Crippen LogP contribution in [-0.2, 0) is 0 Å². The largest absolute Gasteiger partial charge is 0.330 e. The minimum Gasteiger partial charge on any atom is -0.330 e. The van der Waals surface area contributed by atoms with Gasteiger partial charge in [0.25, 0.3) is 0 Å². The molecular weight excluding hydrogens is 208 g/mol. The van der Waals surface area contributed by atoms with Crippen LogP contribution >= 0.6 is 11.6 Å². The molecule has 0 aromatic heterocycles. The normalized spacial score (nSPS) is 27.2. The van der Waals surface area contributed by atoms with Gasteiger partial charge in [0.2, 0.25) is 0 Å². The SMILES string of the molecule is CCCN(CCCN)C1CCC(Cl)CC1. The van der Waals surface area contributed by atoms with Crippen molar-refractivity contribution in [2.75, 3.05) is 19.6 Å². The fourth-order valence-electron chi connectivity index (χ4n) is 2.46. The number of alkyl halides is 1. The lowest BCUT2D eigenvalue weighted by atomic mass is 9.93. The molecule has 2 nitrogen and oxygen atoms in total. The molecule has 1 aliphatic rings. The van der Waals surface area contributed by atoms with Crippen LogP contribution in [0, 0.1) is 0 Å². The number of halogens is 1. The Morgan fingerprint density at radius 2 is 1.87 bits per heavy atom. The van der Waals surface area contributed by atoms with Crippen LogP contribution in [0.2, 0.25) is 0 Å². The maximum absolute atomic E-state index is 6.13. The average Bonchev–Trinajstić information content (AvgIpc) is 2.25. The third-order valence-electron chi connectivity index (χ3n) is 3.30. The van der Waals surface area contributed by atoms with Crippen molar-refractivity contribution in [1.82, 2.24) is 4.90 Å². The van der Waals surface area contributed by atoms with Gasteiger partial charge in [-0.2, -0.15) is 0 Å². The zero-order valence-electron chi connectivity index (χ0n) is 9.92. The van der Waals surface area contributed by atoms with Crippen molar-refractivity contribution >= 4 is 11.6 Å². The van der Waals surface area contributed by atoms with Gasteiger partial charge in [-0.3, -0.25) is 0 Å². The summed E-state index contributed by atoms with van der Waals surface area (Å²) in [6.45, 7) is 5.45. The van der Waals surface area contributed by atoms with E-state index in [4.69, 9.17) is 17.3 Å². The van der Waals surface area contributed by atoms with E-state index in [-0.39, 0.29) is 0 Å². The third-order valence-corrected chi connectivity index (χ3v) is 3.74. The van der Waals surface area contributed by atoms with Crippen LogP contribution in [0.25, 0.3) is 0 Å². The van der Waals surface area contributed by atoms with Crippen molar-refractivity contribution in [2.24, 2.45) is 5.73 Å². The summed E-state index contributed by atoms with van der Waals surface area (Å²) in [7, 11) is 0. The zero-order valence-corrected chi connectivity index (χ0v) is 10.7. The summed E-state index contributed by atoms with van der Waals surface area (Å²) < 4.78 is 0. The standard InChI is InChI=1S/C12H25ClN2/c1-2-9-15(10-3-8-14)12-6-4-11(13)5-7-12/h11-12H,2-10,14H2,1H3. The number of rotatable bonds is 6. The molecule has 0 atom stereocenters. The second-order valence-electron chi connectivity index (χ2n) is 4.58. The molecule has 1 rings (SSSR count). The predicted octanol–water partition coefficient (Wildman–Crippen LogP) is 2.60. The first kappa shape index (κ1) is 13.3. The third kappa shape index (κ3) is 4.71. The summed E-state index contributed by atoms with van der Waals surface area (Å²) in [6.07, 6.45) is 7.30. The molecular formula is C12H25ClN2. The molecule has 0 bridgehead atoms. The van der Waals surface area contributed by atoms with Crippen LogP contribution in [0.5, 0.6) is 0 Å². The molecule has 0 spiro atoms. The highest BCUT2D eigenvalue weighted by Crippen LogP contribution is 2.26. The summed E-state index contributed by atoms with van der Waals surface area (Å²) in [6, 6.07) is 0.770. The van der Waals surface area contributed by atoms with E-state index in [0.717, 1.165) is 19.0 Å². The first-order chi connectivity index (χ1) is 7.27. The number of hydrogen-bond acceptors (Lipinski definition) is 2. The van der Waals surface area contributed by atoms with Crippen LogP contribution in [0.3, 0.4) is 0 Å². The van der Waals surface area contributed by atoms with Crippen LogP contribution in [0.15, 0.2) is 0 Å². The van der Waals surface area contributed by atoms with Crippen molar-refractivity contribution in [3.8, 4) is 0 Å². The fraction of sp³-hybridized carbons (Fsp3) is 1.00. The van der Waals surface area contributed by atoms with Crippen molar-refractivity contribution in [1.29, 1.82) is 0 Å². The molecule has 0 unspecified atom stereocenters. The molecule has 15 heavy (non-hydrogen) atoms. The molecule has 3 heteroatoms. The van der Waals surface area contributed by atoms with Gasteiger partial charge in [-0.15, -0.1) is 11.6 Å². The second-order valence-corrected chi connectivity index (χ2v) is 5.20. The van der Waals surface area contributed by atoms with Gasteiger partial charge < -0.3 is 10.6 Å². The molecule has 0 aromatic rings. The fourth-order valence-corrected chi connectivity index (χ4v) is 2.71. The molecule has 0 amide bonds. The lowest BCUT2D eigenvalue weighted by molar-refractivity contribution is 0.156. The van der Waals surface area contributed by atoms with E-state index >= 15 is 0 Å².